The molecular formula is C21H18FN5O. The van der Waals surface area contributed by atoms with E-state index in [0.29, 0.717) is 22.5 Å². The Morgan fingerprint density at radius 2 is 2.04 bits per heavy atom. The van der Waals surface area contributed by atoms with Crippen molar-refractivity contribution in [3.63, 3.8) is 0 Å². The zero-order valence-corrected chi connectivity index (χ0v) is 15.2. The van der Waals surface area contributed by atoms with Crippen molar-refractivity contribution in [2.75, 3.05) is 5.32 Å². The monoisotopic (exact) mass is 375 g/mol. The van der Waals surface area contributed by atoms with Gasteiger partial charge in [-0.15, -0.1) is 10.2 Å². The molecule has 2 aromatic carbocycles. The Balaban J connectivity index is 1.64. The van der Waals surface area contributed by atoms with Crippen molar-refractivity contribution in [1.29, 1.82) is 5.26 Å². The van der Waals surface area contributed by atoms with Crippen LogP contribution in [0.25, 0.3) is 11.4 Å². The lowest BCUT2D eigenvalue weighted by molar-refractivity contribution is 0.102. The predicted octanol–water partition coefficient (Wildman–Crippen LogP) is 3.93. The summed E-state index contributed by atoms with van der Waals surface area (Å²) in [5.74, 6) is 0.604. The number of carbonyl (C=O) groups is 1. The molecule has 1 aliphatic heterocycles. The fraction of sp³-hybridized carbons (Fsp3) is 0.238. The first-order valence-corrected chi connectivity index (χ1v) is 9.19. The van der Waals surface area contributed by atoms with Crippen molar-refractivity contribution >= 4 is 11.6 Å². The van der Waals surface area contributed by atoms with Crippen LogP contribution < -0.4 is 5.32 Å². The Kier molecular flexibility index (Phi) is 4.85. The molecule has 0 bridgehead atoms. The van der Waals surface area contributed by atoms with Gasteiger partial charge in [-0.25, -0.2) is 4.39 Å². The number of fused-ring (bicyclic) bond motifs is 1. The molecular weight excluding hydrogens is 357 g/mol. The minimum atomic E-state index is -0.538. The van der Waals surface area contributed by atoms with Gasteiger partial charge in [-0.1, -0.05) is 12.5 Å². The molecule has 28 heavy (non-hydrogen) atoms. The van der Waals surface area contributed by atoms with Crippen LogP contribution in [0.5, 0.6) is 0 Å². The fourth-order valence-corrected chi connectivity index (χ4v) is 3.38. The van der Waals surface area contributed by atoms with Crippen LogP contribution in [-0.2, 0) is 13.0 Å². The highest BCUT2D eigenvalue weighted by molar-refractivity contribution is 6.04. The van der Waals surface area contributed by atoms with Crippen molar-refractivity contribution in [3.05, 3.63) is 65.2 Å². The van der Waals surface area contributed by atoms with Crippen molar-refractivity contribution in [2.24, 2.45) is 0 Å². The lowest BCUT2D eigenvalue weighted by atomic mass is 10.1. The van der Waals surface area contributed by atoms with E-state index in [1.165, 1.54) is 12.1 Å². The SMILES string of the molecule is N#Cc1cccc(C(=O)Nc2cc(-c3nnc4n3CCCCC4)ccc2F)c1. The number of nitriles is 1. The summed E-state index contributed by atoms with van der Waals surface area (Å²) in [4.78, 5) is 12.5. The molecule has 140 valence electrons. The van der Waals surface area contributed by atoms with E-state index in [0.717, 1.165) is 38.1 Å². The topological polar surface area (TPSA) is 83.6 Å². The van der Waals surface area contributed by atoms with Crippen LogP contribution in [0.2, 0.25) is 0 Å². The van der Waals surface area contributed by atoms with Gasteiger partial charge in [-0.3, -0.25) is 4.79 Å². The summed E-state index contributed by atoms with van der Waals surface area (Å²) in [6.45, 7) is 0.831. The summed E-state index contributed by atoms with van der Waals surface area (Å²) >= 11 is 0. The van der Waals surface area contributed by atoms with Gasteiger partial charge in [0.25, 0.3) is 5.91 Å². The molecule has 0 spiro atoms. The molecule has 0 radical (unpaired) electrons. The van der Waals surface area contributed by atoms with E-state index < -0.39 is 11.7 Å². The second-order valence-corrected chi connectivity index (χ2v) is 6.74. The van der Waals surface area contributed by atoms with Crippen LogP contribution in [-0.4, -0.2) is 20.7 Å². The molecule has 0 saturated heterocycles. The molecule has 6 nitrogen and oxygen atoms in total. The number of anilines is 1. The maximum atomic E-state index is 14.3. The van der Waals surface area contributed by atoms with Crippen LogP contribution in [0.3, 0.4) is 0 Å². The number of carbonyl (C=O) groups excluding carboxylic acids is 1. The van der Waals surface area contributed by atoms with Crippen LogP contribution in [0.1, 0.15) is 41.0 Å². The third kappa shape index (κ3) is 3.49. The summed E-state index contributed by atoms with van der Waals surface area (Å²) in [6, 6.07) is 12.8. The number of nitrogens with zero attached hydrogens (tertiary/aromatic N) is 4. The van der Waals surface area contributed by atoms with Crippen molar-refractivity contribution in [1.82, 2.24) is 14.8 Å². The van der Waals surface area contributed by atoms with Crippen LogP contribution in [0.15, 0.2) is 42.5 Å². The van der Waals surface area contributed by atoms with E-state index in [4.69, 9.17) is 5.26 Å². The van der Waals surface area contributed by atoms with E-state index >= 15 is 0 Å². The minimum absolute atomic E-state index is 0.0656. The highest BCUT2D eigenvalue weighted by Crippen LogP contribution is 2.27. The van der Waals surface area contributed by atoms with Gasteiger partial charge < -0.3 is 9.88 Å². The maximum absolute atomic E-state index is 14.3. The molecule has 7 heteroatoms. The Morgan fingerprint density at radius 3 is 2.89 bits per heavy atom. The lowest BCUT2D eigenvalue weighted by Gasteiger charge is -2.10. The first-order chi connectivity index (χ1) is 13.7. The zero-order chi connectivity index (χ0) is 19.5. The third-order valence-electron chi connectivity index (χ3n) is 4.84. The first-order valence-electron chi connectivity index (χ1n) is 9.19. The first kappa shape index (κ1) is 17.9. The van der Waals surface area contributed by atoms with Gasteiger partial charge >= 0.3 is 0 Å². The lowest BCUT2D eigenvalue weighted by Crippen LogP contribution is -2.13. The molecule has 0 fully saturated rings. The quantitative estimate of drug-likeness (QED) is 0.752. The highest BCUT2D eigenvalue weighted by Gasteiger charge is 2.18. The Hall–Kier alpha value is -3.53. The molecule has 1 amide bonds. The average molecular weight is 375 g/mol. The van der Waals surface area contributed by atoms with Gasteiger partial charge in [0.05, 0.1) is 17.3 Å². The van der Waals surface area contributed by atoms with Crippen LogP contribution in [0, 0.1) is 17.1 Å². The minimum Gasteiger partial charge on any atom is -0.319 e. The largest absolute Gasteiger partial charge is 0.319 e. The smallest absolute Gasteiger partial charge is 0.255 e. The van der Waals surface area contributed by atoms with Gasteiger partial charge in [0, 0.05) is 24.1 Å². The number of halogens is 1. The molecule has 0 unspecified atom stereocenters. The van der Waals surface area contributed by atoms with Crippen molar-refractivity contribution in [2.45, 2.75) is 32.2 Å². The Morgan fingerprint density at radius 1 is 1.14 bits per heavy atom. The van der Waals surface area contributed by atoms with Crippen molar-refractivity contribution < 1.29 is 9.18 Å². The van der Waals surface area contributed by atoms with Crippen LogP contribution >= 0.6 is 0 Å². The summed E-state index contributed by atoms with van der Waals surface area (Å²) in [6.07, 6.45) is 4.17. The Labute approximate surface area is 161 Å². The van der Waals surface area contributed by atoms with Gasteiger partial charge in [0.15, 0.2) is 5.82 Å². The van der Waals surface area contributed by atoms with E-state index in [1.807, 2.05) is 6.07 Å². The Bertz CT molecular complexity index is 1080. The van der Waals surface area contributed by atoms with E-state index in [1.54, 1.807) is 30.3 Å². The van der Waals surface area contributed by atoms with Gasteiger partial charge in [-0.2, -0.15) is 5.26 Å². The second kappa shape index (κ2) is 7.61. The van der Waals surface area contributed by atoms with Gasteiger partial charge in [0.2, 0.25) is 0 Å². The molecule has 1 N–H and O–H groups in total. The molecule has 0 atom stereocenters. The number of hydrogen-bond donors (Lipinski definition) is 1. The molecule has 2 heterocycles. The average Bonchev–Trinajstić information content (AvgIpc) is 2.97. The predicted molar refractivity (Wildman–Crippen MR) is 102 cm³/mol. The number of benzene rings is 2. The number of aromatic nitrogens is 3. The number of rotatable bonds is 3. The molecule has 0 saturated carbocycles. The molecule has 1 aliphatic rings. The zero-order valence-electron chi connectivity index (χ0n) is 15.2. The second-order valence-electron chi connectivity index (χ2n) is 6.74. The normalized spacial score (nSPS) is 13.3. The number of nitrogens with one attached hydrogen (secondary N) is 1. The standard InChI is InChI=1S/C21H18FN5O/c22-17-9-8-15(20-26-25-19-7-2-1-3-10-27(19)20)12-18(17)24-21(28)16-6-4-5-14(11-16)13-23/h4-6,8-9,11-12H,1-3,7,10H2,(H,24,28). The van der Waals surface area contributed by atoms with Crippen molar-refractivity contribution in [3.8, 4) is 17.5 Å². The molecule has 3 aromatic rings. The van der Waals surface area contributed by atoms with Crippen LogP contribution in [0.4, 0.5) is 10.1 Å². The summed E-state index contributed by atoms with van der Waals surface area (Å²) in [5.41, 5.74) is 1.42. The maximum Gasteiger partial charge on any atom is 0.255 e. The number of aryl methyl sites for hydroxylation is 1. The molecule has 1 aromatic heterocycles. The number of amides is 1. The fourth-order valence-electron chi connectivity index (χ4n) is 3.38. The summed E-state index contributed by atoms with van der Waals surface area (Å²) in [5, 5.41) is 20.1. The van der Waals surface area contributed by atoms with Gasteiger partial charge in [0.1, 0.15) is 11.6 Å². The van der Waals surface area contributed by atoms with Gasteiger partial charge in [-0.05, 0) is 49.2 Å². The third-order valence-corrected chi connectivity index (χ3v) is 4.84. The molecule has 0 aliphatic carbocycles. The summed E-state index contributed by atoms with van der Waals surface area (Å²) in [7, 11) is 0. The van der Waals surface area contributed by atoms with E-state index in [-0.39, 0.29) is 5.69 Å². The number of hydrogen-bond acceptors (Lipinski definition) is 4. The van der Waals surface area contributed by atoms with E-state index in [9.17, 15) is 9.18 Å². The summed E-state index contributed by atoms with van der Waals surface area (Å²) < 4.78 is 16.4. The highest BCUT2D eigenvalue weighted by atomic mass is 19.1. The van der Waals surface area contributed by atoms with E-state index in [2.05, 4.69) is 20.1 Å². The molecule has 4 rings (SSSR count).